The van der Waals surface area contributed by atoms with Gasteiger partial charge < -0.3 is 0 Å². The lowest BCUT2D eigenvalue weighted by Crippen LogP contribution is -2.05. The lowest BCUT2D eigenvalue weighted by molar-refractivity contribution is 1.13. The largest absolute Gasteiger partial charge is 0.250 e. The van der Waals surface area contributed by atoms with Crippen molar-refractivity contribution in [2.45, 2.75) is 10.3 Å². The fourth-order valence-electron chi connectivity index (χ4n) is 0.763. The van der Waals surface area contributed by atoms with E-state index in [-0.39, 0.29) is 0 Å². The first-order valence-electron chi connectivity index (χ1n) is 3.88. The highest BCUT2D eigenvalue weighted by molar-refractivity contribution is 8.04. The van der Waals surface area contributed by atoms with Crippen LogP contribution in [0.25, 0.3) is 0 Å². The third kappa shape index (κ3) is 4.11. The van der Waals surface area contributed by atoms with Gasteiger partial charge in [-0.05, 0) is 23.8 Å². The summed E-state index contributed by atoms with van der Waals surface area (Å²) in [5, 5.41) is 3.33. The van der Waals surface area contributed by atoms with E-state index in [2.05, 4.69) is 11.2 Å². The van der Waals surface area contributed by atoms with Crippen LogP contribution in [-0.2, 0) is 0 Å². The Kier molecular flexibility index (Phi) is 5.43. The van der Waals surface area contributed by atoms with Crippen molar-refractivity contribution in [3.8, 4) is 0 Å². The Hall–Kier alpha value is -0.0600. The maximum Gasteiger partial charge on any atom is 0.0960 e. The highest BCUT2D eigenvalue weighted by Crippen LogP contribution is 2.19. The van der Waals surface area contributed by atoms with E-state index in [0.717, 1.165) is 10.8 Å². The van der Waals surface area contributed by atoms with Gasteiger partial charge >= 0.3 is 0 Å². The second kappa shape index (κ2) is 6.40. The van der Waals surface area contributed by atoms with E-state index < -0.39 is 0 Å². The van der Waals surface area contributed by atoms with Crippen LogP contribution in [0, 0.1) is 0 Å². The molecule has 1 atom stereocenters. The topological polar surface area (TPSA) is 12.9 Å². The summed E-state index contributed by atoms with van der Waals surface area (Å²) >= 11 is 8.44. The zero-order valence-electron chi connectivity index (χ0n) is 7.34. The van der Waals surface area contributed by atoms with Gasteiger partial charge in [0.2, 0.25) is 0 Å². The monoisotopic (exact) mass is 229 g/mol. The molecule has 0 N–H and O–H groups in total. The first kappa shape index (κ1) is 11.0. The average molecular weight is 229 g/mol. The average Bonchev–Trinajstić information content (AvgIpc) is 2.21. The minimum absolute atomic E-state index is 0.446. The van der Waals surface area contributed by atoms with Crippen molar-refractivity contribution in [2.75, 3.05) is 12.0 Å². The molecule has 70 valence electrons. The van der Waals surface area contributed by atoms with Gasteiger partial charge in [-0.1, -0.05) is 18.3 Å². The number of rotatable bonds is 5. The van der Waals surface area contributed by atoms with Crippen LogP contribution >= 0.6 is 35.7 Å². The number of aromatic nitrogens is 1. The normalized spacial score (nSPS) is 12.4. The molecular weight excluding hydrogens is 218 g/mol. The van der Waals surface area contributed by atoms with E-state index in [9.17, 15) is 0 Å². The predicted octanol–water partition coefficient (Wildman–Crippen LogP) is 2.91. The van der Waals surface area contributed by atoms with Crippen molar-refractivity contribution in [1.29, 1.82) is 0 Å². The number of nitrogens with zero attached hydrogens (tertiary/aromatic N) is 1. The molecule has 4 heteroatoms. The fourth-order valence-corrected chi connectivity index (χ4v) is 2.92. The zero-order chi connectivity index (χ0) is 9.52. The molecule has 0 saturated carbocycles. The van der Waals surface area contributed by atoms with Gasteiger partial charge in [-0.15, -0.1) is 11.8 Å². The van der Waals surface area contributed by atoms with Crippen molar-refractivity contribution >= 4 is 41.1 Å². The van der Waals surface area contributed by atoms with Crippen LogP contribution in [0.3, 0.4) is 0 Å². The van der Waals surface area contributed by atoms with Gasteiger partial charge in [-0.3, -0.25) is 0 Å². The second-order valence-corrected chi connectivity index (χ2v) is 4.78. The van der Waals surface area contributed by atoms with Crippen LogP contribution in [-0.4, -0.2) is 27.6 Å². The molecule has 1 heterocycles. The molecule has 0 aliphatic rings. The quantitative estimate of drug-likeness (QED) is 0.568. The zero-order valence-corrected chi connectivity index (χ0v) is 9.79. The summed E-state index contributed by atoms with van der Waals surface area (Å²) in [6.45, 7) is 0. The summed E-state index contributed by atoms with van der Waals surface area (Å²) in [6.07, 6.45) is 3.89. The number of hydrogen-bond donors (Lipinski definition) is 0. The third-order valence-corrected chi connectivity index (χ3v) is 4.17. The van der Waals surface area contributed by atoms with E-state index >= 15 is 0 Å². The van der Waals surface area contributed by atoms with Crippen molar-refractivity contribution in [1.82, 2.24) is 4.98 Å². The lowest BCUT2D eigenvalue weighted by atomic mass is 10.5. The Morgan fingerprint density at radius 1 is 1.62 bits per heavy atom. The van der Waals surface area contributed by atoms with Gasteiger partial charge in [-0.25, -0.2) is 4.98 Å². The molecule has 0 aliphatic carbocycles. The Morgan fingerprint density at radius 3 is 3.00 bits per heavy atom. The summed E-state index contributed by atoms with van der Waals surface area (Å²) in [5.41, 5.74) is 0. The fraction of sp³-hybridized carbons (Fsp3) is 0.333. The maximum atomic E-state index is 4.91. The van der Waals surface area contributed by atoms with Crippen molar-refractivity contribution in [3.05, 3.63) is 24.4 Å². The van der Waals surface area contributed by atoms with Crippen LogP contribution in [0.4, 0.5) is 0 Å². The van der Waals surface area contributed by atoms with Gasteiger partial charge in [0.15, 0.2) is 0 Å². The van der Waals surface area contributed by atoms with Crippen LogP contribution in [0.1, 0.15) is 0 Å². The summed E-state index contributed by atoms with van der Waals surface area (Å²) in [5.74, 6) is 1.00. The maximum absolute atomic E-state index is 4.91. The molecule has 0 aromatic carbocycles. The highest BCUT2D eigenvalue weighted by Gasteiger charge is 2.03. The Labute approximate surface area is 92.7 Å². The van der Waals surface area contributed by atoms with Crippen LogP contribution in [0.15, 0.2) is 29.4 Å². The molecule has 0 amide bonds. The molecule has 1 unspecified atom stereocenters. The van der Waals surface area contributed by atoms with E-state index in [1.807, 2.05) is 29.8 Å². The smallest absolute Gasteiger partial charge is 0.0960 e. The lowest BCUT2D eigenvalue weighted by Gasteiger charge is -2.06. The summed E-state index contributed by atoms with van der Waals surface area (Å²) in [7, 11) is 0. The minimum Gasteiger partial charge on any atom is -0.250 e. The highest BCUT2D eigenvalue weighted by atomic mass is 32.2. The van der Waals surface area contributed by atoms with Gasteiger partial charge in [0.05, 0.1) is 5.03 Å². The number of thioether (sulfide) groups is 2. The molecular formula is C9H11NS3. The van der Waals surface area contributed by atoms with E-state index in [1.165, 1.54) is 0 Å². The number of thiocarbonyl (C=S) groups is 1. The van der Waals surface area contributed by atoms with E-state index in [1.54, 1.807) is 23.5 Å². The van der Waals surface area contributed by atoms with Crippen LogP contribution in [0.5, 0.6) is 0 Å². The molecule has 0 radical (unpaired) electrons. The molecule has 1 nitrogen and oxygen atoms in total. The molecule has 0 spiro atoms. The molecule has 1 aromatic heterocycles. The number of hydrogen-bond acceptors (Lipinski definition) is 4. The first-order valence-corrected chi connectivity index (χ1v) is 6.63. The summed E-state index contributed by atoms with van der Waals surface area (Å²) < 4.78 is 0. The molecule has 13 heavy (non-hydrogen) atoms. The molecule has 1 rings (SSSR count). The van der Waals surface area contributed by atoms with Crippen LogP contribution in [0.2, 0.25) is 0 Å². The van der Waals surface area contributed by atoms with Crippen molar-refractivity contribution < 1.29 is 0 Å². The number of pyridine rings is 1. The van der Waals surface area contributed by atoms with Gasteiger partial charge in [-0.2, -0.15) is 11.8 Å². The Bertz CT molecular complexity index is 250. The third-order valence-electron chi connectivity index (χ3n) is 1.49. The summed E-state index contributed by atoms with van der Waals surface area (Å²) in [4.78, 5) is 4.23. The van der Waals surface area contributed by atoms with E-state index in [0.29, 0.717) is 5.25 Å². The van der Waals surface area contributed by atoms with Gasteiger partial charge in [0, 0.05) is 17.2 Å². The molecule has 0 saturated heterocycles. The Balaban J connectivity index is 2.38. The molecule has 0 fully saturated rings. The first-order chi connectivity index (χ1) is 6.36. The van der Waals surface area contributed by atoms with Crippen molar-refractivity contribution in [2.24, 2.45) is 0 Å². The van der Waals surface area contributed by atoms with Crippen molar-refractivity contribution in [3.63, 3.8) is 0 Å². The molecule has 0 bridgehead atoms. The second-order valence-electron chi connectivity index (χ2n) is 2.39. The van der Waals surface area contributed by atoms with Gasteiger partial charge in [0.1, 0.15) is 0 Å². The minimum atomic E-state index is 0.446. The molecule has 0 aliphatic heterocycles. The van der Waals surface area contributed by atoms with Gasteiger partial charge in [0.25, 0.3) is 0 Å². The van der Waals surface area contributed by atoms with E-state index in [4.69, 9.17) is 12.2 Å². The summed E-state index contributed by atoms with van der Waals surface area (Å²) in [6, 6.07) is 5.95. The standard InChI is InChI=1S/C9H11NS3/c1-12-8(6-11)7-13-9-4-2-3-5-10-9/h2-6,8H,7H2,1H3. The molecule has 1 aromatic rings. The Morgan fingerprint density at radius 2 is 2.46 bits per heavy atom. The van der Waals surface area contributed by atoms with Crippen LogP contribution < -0.4 is 0 Å². The SMILES string of the molecule is CSC(C=S)CSc1ccccn1. The predicted molar refractivity (Wildman–Crippen MR) is 65.9 cm³/mol.